The number of carbonyl (C=O) groups is 1. The number of anilines is 1. The van der Waals surface area contributed by atoms with Crippen molar-refractivity contribution in [2.45, 2.75) is 26.4 Å². The molecule has 7 nitrogen and oxygen atoms in total. The van der Waals surface area contributed by atoms with Crippen LogP contribution in [0.3, 0.4) is 0 Å². The van der Waals surface area contributed by atoms with Crippen LogP contribution in [-0.4, -0.2) is 24.0 Å². The Hall–Kier alpha value is -3.09. The van der Waals surface area contributed by atoms with Gasteiger partial charge in [-0.2, -0.15) is 0 Å². The summed E-state index contributed by atoms with van der Waals surface area (Å²) < 4.78 is 10.9. The molecular weight excluding hydrogens is 324 g/mol. The van der Waals surface area contributed by atoms with Crippen LogP contribution in [0, 0.1) is 17.0 Å². The topological polar surface area (TPSA) is 90.7 Å². The van der Waals surface area contributed by atoms with Crippen LogP contribution in [-0.2, 0) is 4.79 Å². The smallest absolute Gasteiger partial charge is 0.271 e. The van der Waals surface area contributed by atoms with E-state index in [1.54, 1.807) is 44.4 Å². The van der Waals surface area contributed by atoms with Crippen molar-refractivity contribution >= 4 is 17.3 Å². The van der Waals surface area contributed by atoms with E-state index in [-0.39, 0.29) is 11.6 Å². The minimum atomic E-state index is -0.731. The maximum absolute atomic E-state index is 12.5. The number of benzene rings is 2. The van der Waals surface area contributed by atoms with E-state index in [2.05, 4.69) is 5.32 Å². The molecule has 25 heavy (non-hydrogen) atoms. The molecule has 7 heteroatoms. The van der Waals surface area contributed by atoms with Crippen LogP contribution in [0.4, 0.5) is 11.4 Å². The standard InChI is InChI=1S/C18H20N2O5/c1-4-17(25-15-7-5-6-14(11-15)24-3)18(21)19-16-10-13(20(22)23)9-8-12(16)2/h5-11,17H,4H2,1-3H3,(H,19,21)/t17-/m0/s1. The van der Waals surface area contributed by atoms with Crippen LogP contribution >= 0.6 is 0 Å². The van der Waals surface area contributed by atoms with Crippen LogP contribution < -0.4 is 14.8 Å². The number of hydrogen-bond donors (Lipinski definition) is 1. The van der Waals surface area contributed by atoms with Gasteiger partial charge < -0.3 is 14.8 Å². The fourth-order valence-electron chi connectivity index (χ4n) is 2.23. The first-order chi connectivity index (χ1) is 11.9. The zero-order valence-corrected chi connectivity index (χ0v) is 14.3. The third-order valence-electron chi connectivity index (χ3n) is 3.67. The molecule has 0 bridgehead atoms. The minimum absolute atomic E-state index is 0.0809. The molecule has 1 N–H and O–H groups in total. The van der Waals surface area contributed by atoms with Gasteiger partial charge in [0.05, 0.1) is 17.7 Å². The predicted octanol–water partition coefficient (Wildman–Crippen LogP) is 3.71. The Balaban J connectivity index is 2.14. The van der Waals surface area contributed by atoms with Gasteiger partial charge in [0, 0.05) is 18.2 Å². The molecule has 0 unspecified atom stereocenters. The highest BCUT2D eigenvalue weighted by atomic mass is 16.6. The molecule has 132 valence electrons. The second-order valence-corrected chi connectivity index (χ2v) is 5.44. The molecule has 1 atom stereocenters. The zero-order valence-electron chi connectivity index (χ0n) is 14.3. The summed E-state index contributed by atoms with van der Waals surface area (Å²) in [6.07, 6.45) is -0.289. The molecule has 0 aliphatic heterocycles. The second kappa shape index (κ2) is 8.14. The van der Waals surface area contributed by atoms with Crippen LogP contribution in [0.15, 0.2) is 42.5 Å². The number of nitro benzene ring substituents is 1. The van der Waals surface area contributed by atoms with Gasteiger partial charge in [0.2, 0.25) is 0 Å². The Morgan fingerprint density at radius 3 is 2.60 bits per heavy atom. The van der Waals surface area contributed by atoms with Crippen molar-refractivity contribution in [2.75, 3.05) is 12.4 Å². The van der Waals surface area contributed by atoms with E-state index in [1.807, 2.05) is 6.92 Å². The van der Waals surface area contributed by atoms with Crippen molar-refractivity contribution in [3.05, 3.63) is 58.1 Å². The Bertz CT molecular complexity index is 776. The molecule has 0 saturated carbocycles. The van der Waals surface area contributed by atoms with Gasteiger partial charge in [-0.15, -0.1) is 0 Å². The Labute approximate surface area is 145 Å². The molecule has 2 aromatic carbocycles. The van der Waals surface area contributed by atoms with E-state index >= 15 is 0 Å². The SMILES string of the molecule is CC[C@H](Oc1cccc(OC)c1)C(=O)Nc1cc([N+](=O)[O-])ccc1C. The van der Waals surface area contributed by atoms with Crippen LogP contribution in [0.1, 0.15) is 18.9 Å². The number of non-ortho nitro benzene ring substituents is 1. The molecule has 2 rings (SSSR count). The normalized spacial score (nSPS) is 11.5. The lowest BCUT2D eigenvalue weighted by Gasteiger charge is -2.18. The lowest BCUT2D eigenvalue weighted by Crippen LogP contribution is -2.32. The number of aryl methyl sites for hydroxylation is 1. The van der Waals surface area contributed by atoms with Gasteiger partial charge in [0.1, 0.15) is 11.5 Å². The monoisotopic (exact) mass is 344 g/mol. The molecule has 2 aromatic rings. The summed E-state index contributed by atoms with van der Waals surface area (Å²) in [4.78, 5) is 22.9. The van der Waals surface area contributed by atoms with E-state index in [0.29, 0.717) is 23.6 Å². The zero-order chi connectivity index (χ0) is 18.4. The first kappa shape index (κ1) is 18.3. The maximum atomic E-state index is 12.5. The van der Waals surface area contributed by atoms with E-state index < -0.39 is 11.0 Å². The fraction of sp³-hybridized carbons (Fsp3) is 0.278. The molecule has 0 aliphatic rings. The van der Waals surface area contributed by atoms with Gasteiger partial charge in [0.25, 0.3) is 11.6 Å². The van der Waals surface area contributed by atoms with Gasteiger partial charge >= 0.3 is 0 Å². The van der Waals surface area contributed by atoms with Crippen molar-refractivity contribution in [1.29, 1.82) is 0 Å². The number of ether oxygens (including phenoxy) is 2. The molecule has 0 fully saturated rings. The average molecular weight is 344 g/mol. The maximum Gasteiger partial charge on any atom is 0.271 e. The highest BCUT2D eigenvalue weighted by Crippen LogP contribution is 2.24. The predicted molar refractivity (Wildman–Crippen MR) is 94.2 cm³/mol. The number of nitro groups is 1. The molecular formula is C18H20N2O5. The third-order valence-corrected chi connectivity index (χ3v) is 3.67. The summed E-state index contributed by atoms with van der Waals surface area (Å²) in [7, 11) is 1.55. The number of nitrogens with one attached hydrogen (secondary N) is 1. The van der Waals surface area contributed by atoms with Crippen LogP contribution in [0.5, 0.6) is 11.5 Å². The molecule has 0 spiro atoms. The summed E-state index contributed by atoms with van der Waals surface area (Å²) in [5.41, 5.74) is 1.05. The van der Waals surface area contributed by atoms with E-state index in [4.69, 9.17) is 9.47 Å². The number of hydrogen-bond acceptors (Lipinski definition) is 5. The summed E-state index contributed by atoms with van der Waals surface area (Å²) >= 11 is 0. The summed E-state index contributed by atoms with van der Waals surface area (Å²) in [6.45, 7) is 3.59. The third kappa shape index (κ3) is 4.69. The van der Waals surface area contributed by atoms with Gasteiger partial charge in [-0.05, 0) is 31.0 Å². The first-order valence-electron chi connectivity index (χ1n) is 7.81. The lowest BCUT2D eigenvalue weighted by atomic mass is 10.1. The van der Waals surface area contributed by atoms with Crippen molar-refractivity contribution in [3.63, 3.8) is 0 Å². The largest absolute Gasteiger partial charge is 0.497 e. The highest BCUT2D eigenvalue weighted by molar-refractivity contribution is 5.95. The number of carbonyl (C=O) groups excluding carboxylic acids is 1. The number of methoxy groups -OCH3 is 1. The first-order valence-corrected chi connectivity index (χ1v) is 7.81. The average Bonchev–Trinajstić information content (AvgIpc) is 2.61. The van der Waals surface area contributed by atoms with E-state index in [9.17, 15) is 14.9 Å². The van der Waals surface area contributed by atoms with Gasteiger partial charge in [-0.1, -0.05) is 19.1 Å². The molecule has 0 saturated heterocycles. The number of rotatable bonds is 7. The fourth-order valence-corrected chi connectivity index (χ4v) is 2.23. The Morgan fingerprint density at radius 2 is 1.96 bits per heavy atom. The minimum Gasteiger partial charge on any atom is -0.497 e. The molecule has 0 aliphatic carbocycles. The molecule has 1 amide bonds. The van der Waals surface area contributed by atoms with Crippen LogP contribution in [0.25, 0.3) is 0 Å². The van der Waals surface area contributed by atoms with Gasteiger partial charge in [-0.3, -0.25) is 14.9 Å². The highest BCUT2D eigenvalue weighted by Gasteiger charge is 2.20. The lowest BCUT2D eigenvalue weighted by molar-refractivity contribution is -0.384. The van der Waals surface area contributed by atoms with Crippen molar-refractivity contribution < 1.29 is 19.2 Å². The molecule has 0 aromatic heterocycles. The number of amides is 1. The Morgan fingerprint density at radius 1 is 1.24 bits per heavy atom. The summed E-state index contributed by atoms with van der Waals surface area (Å²) in [6, 6.07) is 11.3. The van der Waals surface area contributed by atoms with Crippen molar-refractivity contribution in [2.24, 2.45) is 0 Å². The van der Waals surface area contributed by atoms with Crippen molar-refractivity contribution in [1.82, 2.24) is 0 Å². The quantitative estimate of drug-likeness (QED) is 0.611. The van der Waals surface area contributed by atoms with Crippen molar-refractivity contribution in [3.8, 4) is 11.5 Å². The summed E-state index contributed by atoms with van der Waals surface area (Å²) in [5.74, 6) is 0.772. The molecule has 0 heterocycles. The number of nitrogens with zero attached hydrogens (tertiary/aromatic N) is 1. The molecule has 0 radical (unpaired) electrons. The van der Waals surface area contributed by atoms with Gasteiger partial charge in [0.15, 0.2) is 6.10 Å². The van der Waals surface area contributed by atoms with Crippen LogP contribution in [0.2, 0.25) is 0 Å². The van der Waals surface area contributed by atoms with Gasteiger partial charge in [-0.25, -0.2) is 0 Å². The second-order valence-electron chi connectivity index (χ2n) is 5.44. The Kier molecular flexibility index (Phi) is 5.94. The summed E-state index contributed by atoms with van der Waals surface area (Å²) in [5, 5.41) is 13.6. The van der Waals surface area contributed by atoms with E-state index in [0.717, 1.165) is 5.56 Å². The van der Waals surface area contributed by atoms with E-state index in [1.165, 1.54) is 12.1 Å².